The van der Waals surface area contributed by atoms with Crippen LogP contribution in [0.4, 0.5) is 0 Å². The van der Waals surface area contributed by atoms with Gasteiger partial charge in [-0.2, -0.15) is 11.8 Å². The Kier molecular flexibility index (Phi) is 4.23. The lowest BCUT2D eigenvalue weighted by molar-refractivity contribution is 0.218. The first kappa shape index (κ1) is 8.41. The minimum Gasteiger partial charge on any atom is -0.384 e. The molecule has 1 nitrogen and oxygen atoms in total. The maximum Gasteiger partial charge on any atom is 0.0552 e. The van der Waals surface area contributed by atoms with Crippen molar-refractivity contribution in [1.29, 1.82) is 0 Å². The third-order valence-electron chi connectivity index (χ3n) is 1.80. The van der Waals surface area contributed by atoms with Gasteiger partial charge >= 0.3 is 0 Å². The van der Waals surface area contributed by atoms with Crippen LogP contribution in [0, 0.1) is 5.92 Å². The van der Waals surface area contributed by atoms with E-state index in [1.807, 2.05) is 11.8 Å². The first-order chi connectivity index (χ1) is 4.93. The molecule has 0 aromatic heterocycles. The summed E-state index contributed by atoms with van der Waals surface area (Å²) in [5.74, 6) is 3.60. The highest BCUT2D eigenvalue weighted by molar-refractivity contribution is 7.99. The quantitative estimate of drug-likeness (QED) is 0.551. The van der Waals surface area contributed by atoms with Crippen molar-refractivity contribution < 1.29 is 4.74 Å². The summed E-state index contributed by atoms with van der Waals surface area (Å²) < 4.78 is 4.94. The minimum absolute atomic E-state index is 0.912. The molecule has 0 aromatic rings. The number of ether oxygens (including phenoxy) is 1. The Balaban J connectivity index is 1.68. The molecule has 0 aliphatic heterocycles. The van der Waals surface area contributed by atoms with Crippen molar-refractivity contribution in [2.45, 2.75) is 19.3 Å². The Labute approximate surface area is 67.5 Å². The second-order valence-electron chi connectivity index (χ2n) is 2.84. The molecule has 1 aliphatic rings. The van der Waals surface area contributed by atoms with E-state index in [1.54, 1.807) is 7.11 Å². The maximum atomic E-state index is 4.94. The fourth-order valence-corrected chi connectivity index (χ4v) is 1.89. The molecule has 1 fully saturated rings. The molecule has 0 radical (unpaired) electrons. The van der Waals surface area contributed by atoms with Gasteiger partial charge in [-0.15, -0.1) is 0 Å². The summed E-state index contributed by atoms with van der Waals surface area (Å²) in [5, 5.41) is 0. The average Bonchev–Trinajstić information content (AvgIpc) is 2.71. The molecule has 0 saturated heterocycles. The molecule has 0 unspecified atom stereocenters. The van der Waals surface area contributed by atoms with Crippen molar-refractivity contribution in [3.8, 4) is 0 Å². The second kappa shape index (κ2) is 5.03. The van der Waals surface area contributed by atoms with Crippen molar-refractivity contribution in [3.05, 3.63) is 0 Å². The lowest BCUT2D eigenvalue weighted by atomic mass is 10.3. The first-order valence-electron chi connectivity index (χ1n) is 4.00. The van der Waals surface area contributed by atoms with E-state index in [0.717, 1.165) is 12.5 Å². The molecule has 2 heteroatoms. The van der Waals surface area contributed by atoms with Crippen molar-refractivity contribution in [2.24, 2.45) is 5.92 Å². The monoisotopic (exact) mass is 160 g/mol. The average molecular weight is 160 g/mol. The van der Waals surface area contributed by atoms with E-state index in [-0.39, 0.29) is 0 Å². The lowest BCUT2D eigenvalue weighted by Crippen LogP contribution is -1.93. The first-order valence-corrected chi connectivity index (χ1v) is 5.15. The van der Waals surface area contributed by atoms with Crippen LogP contribution in [0.3, 0.4) is 0 Å². The summed E-state index contributed by atoms with van der Waals surface area (Å²) in [7, 11) is 1.77. The largest absolute Gasteiger partial charge is 0.384 e. The smallest absolute Gasteiger partial charge is 0.0552 e. The fourth-order valence-electron chi connectivity index (χ4n) is 0.901. The van der Waals surface area contributed by atoms with Gasteiger partial charge in [0.2, 0.25) is 0 Å². The zero-order valence-electron chi connectivity index (χ0n) is 6.64. The van der Waals surface area contributed by atoms with E-state index in [4.69, 9.17) is 4.74 Å². The summed E-state index contributed by atoms with van der Waals surface area (Å²) in [6, 6.07) is 0. The van der Waals surface area contributed by atoms with Crippen LogP contribution in [0.5, 0.6) is 0 Å². The summed E-state index contributed by atoms with van der Waals surface area (Å²) in [5.41, 5.74) is 0. The van der Waals surface area contributed by atoms with Crippen molar-refractivity contribution in [3.63, 3.8) is 0 Å². The SMILES string of the molecule is COCCSCCC1CC1. The maximum absolute atomic E-state index is 4.94. The van der Waals surface area contributed by atoms with Gasteiger partial charge in [-0.3, -0.25) is 0 Å². The van der Waals surface area contributed by atoms with Gasteiger partial charge in [0.05, 0.1) is 6.61 Å². The van der Waals surface area contributed by atoms with Crippen LogP contribution in [0.15, 0.2) is 0 Å². The van der Waals surface area contributed by atoms with Gasteiger partial charge in [-0.1, -0.05) is 12.8 Å². The molecule has 0 bridgehead atoms. The molecule has 0 N–H and O–H groups in total. The predicted octanol–water partition coefficient (Wildman–Crippen LogP) is 2.17. The Bertz CT molecular complexity index is 81.3. The molecule has 0 amide bonds. The molecule has 1 aliphatic carbocycles. The van der Waals surface area contributed by atoms with E-state index in [9.17, 15) is 0 Å². The van der Waals surface area contributed by atoms with Crippen LogP contribution < -0.4 is 0 Å². The number of hydrogen-bond donors (Lipinski definition) is 0. The van der Waals surface area contributed by atoms with Gasteiger partial charge in [-0.05, 0) is 18.1 Å². The molecular formula is C8H16OS. The molecule has 0 atom stereocenters. The van der Waals surface area contributed by atoms with Crippen LogP contribution in [-0.2, 0) is 4.74 Å². The zero-order chi connectivity index (χ0) is 7.23. The molecule has 10 heavy (non-hydrogen) atoms. The van der Waals surface area contributed by atoms with Gasteiger partial charge in [0.25, 0.3) is 0 Å². The summed E-state index contributed by atoms with van der Waals surface area (Å²) >= 11 is 2.02. The third-order valence-corrected chi connectivity index (χ3v) is 2.78. The van der Waals surface area contributed by atoms with Crippen LogP contribution >= 0.6 is 11.8 Å². The Morgan fingerprint density at radius 1 is 1.40 bits per heavy atom. The summed E-state index contributed by atoms with van der Waals surface area (Å²) in [6.07, 6.45) is 4.42. The highest BCUT2D eigenvalue weighted by atomic mass is 32.2. The molecule has 0 spiro atoms. The highest BCUT2D eigenvalue weighted by Crippen LogP contribution is 2.33. The fraction of sp³-hybridized carbons (Fsp3) is 1.00. The van der Waals surface area contributed by atoms with Crippen LogP contribution in [0.25, 0.3) is 0 Å². The number of thioether (sulfide) groups is 1. The predicted molar refractivity (Wildman–Crippen MR) is 46.5 cm³/mol. The molecule has 60 valence electrons. The van der Waals surface area contributed by atoms with Gasteiger partial charge in [0.15, 0.2) is 0 Å². The molecular weight excluding hydrogens is 144 g/mol. The Morgan fingerprint density at radius 3 is 2.80 bits per heavy atom. The van der Waals surface area contributed by atoms with Crippen molar-refractivity contribution in [1.82, 2.24) is 0 Å². The summed E-state index contributed by atoms with van der Waals surface area (Å²) in [4.78, 5) is 0. The van der Waals surface area contributed by atoms with Gasteiger partial charge in [0.1, 0.15) is 0 Å². The number of methoxy groups -OCH3 is 1. The van der Waals surface area contributed by atoms with E-state index < -0.39 is 0 Å². The van der Waals surface area contributed by atoms with Gasteiger partial charge in [0, 0.05) is 12.9 Å². The standard InChI is InChI=1S/C8H16OS/c1-9-5-7-10-6-4-8-2-3-8/h8H,2-7H2,1H3. The van der Waals surface area contributed by atoms with Crippen molar-refractivity contribution in [2.75, 3.05) is 25.2 Å². The van der Waals surface area contributed by atoms with Crippen LogP contribution in [-0.4, -0.2) is 25.2 Å². The topological polar surface area (TPSA) is 9.23 Å². The van der Waals surface area contributed by atoms with E-state index in [2.05, 4.69) is 0 Å². The van der Waals surface area contributed by atoms with E-state index in [0.29, 0.717) is 0 Å². The van der Waals surface area contributed by atoms with E-state index in [1.165, 1.54) is 30.8 Å². The number of rotatable bonds is 6. The van der Waals surface area contributed by atoms with Gasteiger partial charge in [-0.25, -0.2) is 0 Å². The highest BCUT2D eigenvalue weighted by Gasteiger charge is 2.19. The molecule has 0 aromatic carbocycles. The Hall–Kier alpha value is 0.310. The second-order valence-corrected chi connectivity index (χ2v) is 4.06. The van der Waals surface area contributed by atoms with Crippen LogP contribution in [0.2, 0.25) is 0 Å². The number of hydrogen-bond acceptors (Lipinski definition) is 2. The van der Waals surface area contributed by atoms with Gasteiger partial charge < -0.3 is 4.74 Å². The molecule has 1 rings (SSSR count). The summed E-state index contributed by atoms with van der Waals surface area (Å²) in [6.45, 7) is 0.912. The van der Waals surface area contributed by atoms with Crippen LogP contribution in [0.1, 0.15) is 19.3 Å². The third kappa shape index (κ3) is 4.18. The normalized spacial score (nSPS) is 17.7. The Morgan fingerprint density at radius 2 is 2.20 bits per heavy atom. The lowest BCUT2D eigenvalue weighted by Gasteiger charge is -1.98. The van der Waals surface area contributed by atoms with E-state index >= 15 is 0 Å². The minimum atomic E-state index is 0.912. The molecule has 0 heterocycles. The zero-order valence-corrected chi connectivity index (χ0v) is 7.45. The molecule has 1 saturated carbocycles. The van der Waals surface area contributed by atoms with Crippen molar-refractivity contribution >= 4 is 11.8 Å².